The quantitative estimate of drug-likeness (QED) is 0.769. The molecule has 0 heterocycles. The molecule has 1 aromatic carbocycles. The van der Waals surface area contributed by atoms with E-state index >= 15 is 0 Å². The van der Waals surface area contributed by atoms with Crippen molar-refractivity contribution in [3.8, 4) is 0 Å². The van der Waals surface area contributed by atoms with Crippen LogP contribution >= 0.6 is 0 Å². The van der Waals surface area contributed by atoms with Gasteiger partial charge in [0.15, 0.2) is 0 Å². The first-order valence-electron chi connectivity index (χ1n) is 5.65. The maximum absolute atomic E-state index is 13.0. The van der Waals surface area contributed by atoms with E-state index in [1.807, 2.05) is 13.8 Å². The molecule has 0 fully saturated rings. The molecule has 0 saturated heterocycles. The van der Waals surface area contributed by atoms with Gasteiger partial charge in [-0.25, -0.2) is 4.39 Å². The van der Waals surface area contributed by atoms with Crippen molar-refractivity contribution in [2.75, 3.05) is 30.7 Å². The summed E-state index contributed by atoms with van der Waals surface area (Å²) < 4.78 is 13.0. The molecule has 1 aromatic rings. The van der Waals surface area contributed by atoms with Crippen molar-refractivity contribution >= 4 is 17.3 Å². The molecule has 0 aliphatic heterocycles. The number of nitrogens with two attached hydrogens (primary N) is 1. The zero-order valence-corrected chi connectivity index (χ0v) is 10.2. The van der Waals surface area contributed by atoms with Crippen molar-refractivity contribution in [3.05, 3.63) is 24.0 Å². The molecule has 1 rings (SSSR count). The Kier molecular flexibility index (Phi) is 4.75. The first kappa shape index (κ1) is 13.3. The SMILES string of the molecule is CCN(CC)C(=O)CNc1cc(F)ccc1N. The van der Waals surface area contributed by atoms with E-state index in [1.54, 1.807) is 4.90 Å². The van der Waals surface area contributed by atoms with Gasteiger partial charge in [-0.05, 0) is 32.0 Å². The lowest BCUT2D eigenvalue weighted by molar-refractivity contribution is -0.128. The van der Waals surface area contributed by atoms with Crippen LogP contribution < -0.4 is 11.1 Å². The fourth-order valence-corrected chi connectivity index (χ4v) is 1.54. The molecule has 0 aliphatic rings. The minimum Gasteiger partial charge on any atom is -0.397 e. The van der Waals surface area contributed by atoms with Gasteiger partial charge in [-0.2, -0.15) is 0 Å². The van der Waals surface area contributed by atoms with Crippen molar-refractivity contribution in [3.63, 3.8) is 0 Å². The lowest BCUT2D eigenvalue weighted by Gasteiger charge is -2.19. The number of nitrogens with one attached hydrogen (secondary N) is 1. The van der Waals surface area contributed by atoms with Gasteiger partial charge in [0.2, 0.25) is 5.91 Å². The van der Waals surface area contributed by atoms with E-state index in [0.29, 0.717) is 24.5 Å². The highest BCUT2D eigenvalue weighted by molar-refractivity contribution is 5.82. The Hall–Kier alpha value is -1.78. The standard InChI is InChI=1S/C12H18FN3O/c1-3-16(4-2)12(17)8-15-11-7-9(13)5-6-10(11)14/h5-7,15H,3-4,8,14H2,1-2H3. The number of nitrogen functional groups attached to an aromatic ring is 1. The number of anilines is 2. The Morgan fingerprint density at radius 2 is 2.06 bits per heavy atom. The highest BCUT2D eigenvalue weighted by Gasteiger charge is 2.09. The topological polar surface area (TPSA) is 58.4 Å². The van der Waals surface area contributed by atoms with Crippen molar-refractivity contribution in [2.24, 2.45) is 0 Å². The average molecular weight is 239 g/mol. The molecular formula is C12H18FN3O. The molecule has 0 atom stereocenters. The number of halogens is 1. The number of hydrogen-bond acceptors (Lipinski definition) is 3. The maximum atomic E-state index is 13.0. The maximum Gasteiger partial charge on any atom is 0.241 e. The van der Waals surface area contributed by atoms with Crippen molar-refractivity contribution in [2.45, 2.75) is 13.8 Å². The normalized spacial score (nSPS) is 10.1. The summed E-state index contributed by atoms with van der Waals surface area (Å²) in [6, 6.07) is 4.04. The largest absolute Gasteiger partial charge is 0.397 e. The number of rotatable bonds is 5. The van der Waals surface area contributed by atoms with E-state index in [1.165, 1.54) is 18.2 Å². The summed E-state index contributed by atoms with van der Waals surface area (Å²) in [5, 5.41) is 2.85. The van der Waals surface area contributed by atoms with Crippen molar-refractivity contribution < 1.29 is 9.18 Å². The van der Waals surface area contributed by atoms with E-state index in [9.17, 15) is 9.18 Å². The third-order valence-corrected chi connectivity index (χ3v) is 2.56. The number of likely N-dealkylation sites (N-methyl/N-ethyl adjacent to an activating group) is 1. The average Bonchev–Trinajstić information content (AvgIpc) is 2.32. The highest BCUT2D eigenvalue weighted by atomic mass is 19.1. The summed E-state index contributed by atoms with van der Waals surface area (Å²) in [6.07, 6.45) is 0. The summed E-state index contributed by atoms with van der Waals surface area (Å²) in [5.74, 6) is -0.407. The van der Waals surface area contributed by atoms with Gasteiger partial charge in [-0.15, -0.1) is 0 Å². The molecule has 0 bridgehead atoms. The number of hydrogen-bond donors (Lipinski definition) is 2. The van der Waals surface area contributed by atoms with Gasteiger partial charge < -0.3 is 16.0 Å². The number of nitrogens with zero attached hydrogens (tertiary/aromatic N) is 1. The molecular weight excluding hydrogens is 221 g/mol. The minimum absolute atomic E-state index is 0.0290. The van der Waals surface area contributed by atoms with Crippen molar-refractivity contribution in [1.82, 2.24) is 4.90 Å². The number of carbonyl (C=O) groups is 1. The van der Waals surface area contributed by atoms with Gasteiger partial charge in [0.25, 0.3) is 0 Å². The predicted octanol–water partition coefficient (Wildman–Crippen LogP) is 1.69. The van der Waals surface area contributed by atoms with Gasteiger partial charge in [-0.3, -0.25) is 4.79 Å². The van der Waals surface area contributed by atoms with Crippen LogP contribution in [0.15, 0.2) is 18.2 Å². The lowest BCUT2D eigenvalue weighted by atomic mass is 10.2. The molecule has 94 valence electrons. The molecule has 0 unspecified atom stereocenters. The Morgan fingerprint density at radius 1 is 1.41 bits per heavy atom. The molecule has 1 amide bonds. The van der Waals surface area contributed by atoms with Crippen LogP contribution in [0.2, 0.25) is 0 Å². The predicted molar refractivity (Wildman–Crippen MR) is 67.2 cm³/mol. The van der Waals surface area contributed by atoms with E-state index in [0.717, 1.165) is 0 Å². The second-order valence-electron chi connectivity index (χ2n) is 3.65. The highest BCUT2D eigenvalue weighted by Crippen LogP contribution is 2.18. The third-order valence-electron chi connectivity index (χ3n) is 2.56. The second kappa shape index (κ2) is 6.08. The minimum atomic E-state index is -0.378. The van der Waals surface area contributed by atoms with Crippen LogP contribution in [0.3, 0.4) is 0 Å². The molecule has 0 saturated carbocycles. The summed E-state index contributed by atoms with van der Waals surface area (Å²) in [7, 11) is 0. The molecule has 0 spiro atoms. The summed E-state index contributed by atoms with van der Waals surface area (Å²) >= 11 is 0. The van der Waals surface area contributed by atoms with Gasteiger partial charge >= 0.3 is 0 Å². The Bertz CT molecular complexity index is 391. The summed E-state index contributed by atoms with van der Waals surface area (Å²) in [6.45, 7) is 5.27. The molecule has 17 heavy (non-hydrogen) atoms. The van der Waals surface area contributed by atoms with Crippen LogP contribution in [0, 0.1) is 5.82 Å². The van der Waals surface area contributed by atoms with Gasteiger partial charge in [0, 0.05) is 13.1 Å². The second-order valence-corrected chi connectivity index (χ2v) is 3.65. The molecule has 4 nitrogen and oxygen atoms in total. The fraction of sp³-hybridized carbons (Fsp3) is 0.417. The number of amides is 1. The van der Waals surface area contributed by atoms with Gasteiger partial charge in [0.1, 0.15) is 5.82 Å². The fourth-order valence-electron chi connectivity index (χ4n) is 1.54. The van der Waals surface area contributed by atoms with Crippen molar-refractivity contribution in [1.29, 1.82) is 0 Å². The summed E-state index contributed by atoms with van der Waals surface area (Å²) in [5.41, 5.74) is 6.54. The smallest absolute Gasteiger partial charge is 0.241 e. The van der Waals surface area contributed by atoms with Crippen LogP contribution in [0.5, 0.6) is 0 Å². The lowest BCUT2D eigenvalue weighted by Crippen LogP contribution is -2.35. The van der Waals surface area contributed by atoms with E-state index in [4.69, 9.17) is 5.73 Å². The van der Waals surface area contributed by atoms with Crippen LogP contribution in [-0.4, -0.2) is 30.4 Å². The van der Waals surface area contributed by atoms with E-state index in [-0.39, 0.29) is 18.3 Å². The van der Waals surface area contributed by atoms with Crippen LogP contribution in [-0.2, 0) is 4.79 Å². The molecule has 3 N–H and O–H groups in total. The molecule has 0 aromatic heterocycles. The summed E-state index contributed by atoms with van der Waals surface area (Å²) in [4.78, 5) is 13.4. The first-order valence-corrected chi connectivity index (χ1v) is 5.65. The van der Waals surface area contributed by atoms with E-state index < -0.39 is 0 Å². The Labute approximate surface area is 101 Å². The Balaban J connectivity index is 2.61. The third kappa shape index (κ3) is 3.62. The van der Waals surface area contributed by atoms with Gasteiger partial charge in [0.05, 0.1) is 17.9 Å². The number of benzene rings is 1. The van der Waals surface area contributed by atoms with Crippen LogP contribution in [0.1, 0.15) is 13.8 Å². The zero-order valence-electron chi connectivity index (χ0n) is 10.2. The first-order chi connectivity index (χ1) is 8.08. The van der Waals surface area contributed by atoms with Crippen LogP contribution in [0.25, 0.3) is 0 Å². The number of carbonyl (C=O) groups excluding carboxylic acids is 1. The Morgan fingerprint density at radius 3 is 2.65 bits per heavy atom. The molecule has 5 heteroatoms. The van der Waals surface area contributed by atoms with E-state index in [2.05, 4.69) is 5.32 Å². The zero-order chi connectivity index (χ0) is 12.8. The molecule has 0 radical (unpaired) electrons. The van der Waals surface area contributed by atoms with Gasteiger partial charge in [-0.1, -0.05) is 0 Å². The molecule has 0 aliphatic carbocycles. The van der Waals surface area contributed by atoms with Crippen LogP contribution in [0.4, 0.5) is 15.8 Å². The monoisotopic (exact) mass is 239 g/mol.